The average Bonchev–Trinajstić information content (AvgIpc) is 3.13. The zero-order chi connectivity index (χ0) is 14.7. The van der Waals surface area contributed by atoms with Gasteiger partial charge in [-0.1, -0.05) is 12.1 Å². The number of aryl methyl sites for hydroxylation is 2. The monoisotopic (exact) mass is 281 g/mol. The Kier molecular flexibility index (Phi) is 3.83. The Balaban J connectivity index is 1.59. The van der Waals surface area contributed by atoms with Gasteiger partial charge in [-0.15, -0.1) is 0 Å². The van der Waals surface area contributed by atoms with Gasteiger partial charge in [0.15, 0.2) is 0 Å². The van der Waals surface area contributed by atoms with Crippen LogP contribution >= 0.6 is 0 Å². The molecule has 0 aliphatic carbocycles. The molecule has 0 fully saturated rings. The predicted molar refractivity (Wildman–Crippen MR) is 82.2 cm³/mol. The van der Waals surface area contributed by atoms with Crippen molar-refractivity contribution in [2.24, 2.45) is 0 Å². The van der Waals surface area contributed by atoms with E-state index < -0.39 is 0 Å². The number of hydrogen-bond acceptors (Lipinski definition) is 3. The van der Waals surface area contributed by atoms with Gasteiger partial charge in [0, 0.05) is 36.7 Å². The molecule has 21 heavy (non-hydrogen) atoms. The van der Waals surface area contributed by atoms with Gasteiger partial charge in [0.2, 0.25) is 0 Å². The second-order valence-electron chi connectivity index (χ2n) is 5.13. The van der Waals surface area contributed by atoms with Crippen molar-refractivity contribution in [1.82, 2.24) is 25.3 Å². The number of H-pyrrole nitrogens is 1. The van der Waals surface area contributed by atoms with Crippen LogP contribution < -0.4 is 5.32 Å². The van der Waals surface area contributed by atoms with Crippen molar-refractivity contribution in [3.05, 3.63) is 65.2 Å². The third-order valence-corrected chi connectivity index (χ3v) is 3.62. The summed E-state index contributed by atoms with van der Waals surface area (Å²) in [4.78, 5) is 0. The minimum atomic E-state index is 0.828. The van der Waals surface area contributed by atoms with E-state index >= 15 is 0 Å². The molecular weight excluding hydrogens is 262 g/mol. The molecule has 3 aromatic rings. The maximum atomic E-state index is 4.22. The molecule has 2 heterocycles. The lowest BCUT2D eigenvalue weighted by atomic mass is 10.1. The number of aromatic nitrogens is 4. The summed E-state index contributed by atoms with van der Waals surface area (Å²) < 4.78 is 1.86. The van der Waals surface area contributed by atoms with E-state index in [0.29, 0.717) is 0 Å². The number of benzene rings is 1. The second kappa shape index (κ2) is 5.93. The van der Waals surface area contributed by atoms with Crippen molar-refractivity contribution >= 4 is 0 Å². The fraction of sp³-hybridized carbons (Fsp3) is 0.250. The van der Waals surface area contributed by atoms with E-state index in [4.69, 9.17) is 0 Å². The Labute approximate surface area is 124 Å². The third kappa shape index (κ3) is 3.03. The molecule has 0 bridgehead atoms. The minimum absolute atomic E-state index is 0.828. The Morgan fingerprint density at radius 1 is 1.14 bits per heavy atom. The van der Waals surface area contributed by atoms with Crippen LogP contribution in [-0.4, -0.2) is 20.0 Å². The van der Waals surface area contributed by atoms with Crippen LogP contribution in [0.1, 0.15) is 22.5 Å². The van der Waals surface area contributed by atoms with Gasteiger partial charge < -0.3 is 5.32 Å². The van der Waals surface area contributed by atoms with Crippen LogP contribution in [0.25, 0.3) is 5.69 Å². The molecule has 0 radical (unpaired) electrons. The Morgan fingerprint density at radius 2 is 1.95 bits per heavy atom. The first kappa shape index (κ1) is 13.6. The topological polar surface area (TPSA) is 58.5 Å². The summed E-state index contributed by atoms with van der Waals surface area (Å²) in [5.74, 6) is 0. The molecule has 5 nitrogen and oxygen atoms in total. The van der Waals surface area contributed by atoms with Crippen molar-refractivity contribution in [2.45, 2.75) is 26.9 Å². The van der Waals surface area contributed by atoms with E-state index in [-0.39, 0.29) is 0 Å². The zero-order valence-corrected chi connectivity index (χ0v) is 12.3. The quantitative estimate of drug-likeness (QED) is 0.755. The summed E-state index contributed by atoms with van der Waals surface area (Å²) in [7, 11) is 0. The van der Waals surface area contributed by atoms with Crippen LogP contribution in [0.4, 0.5) is 0 Å². The van der Waals surface area contributed by atoms with E-state index in [9.17, 15) is 0 Å². The molecule has 108 valence electrons. The van der Waals surface area contributed by atoms with Crippen LogP contribution in [0.2, 0.25) is 0 Å². The van der Waals surface area contributed by atoms with E-state index in [0.717, 1.165) is 30.2 Å². The van der Waals surface area contributed by atoms with E-state index in [2.05, 4.69) is 51.8 Å². The van der Waals surface area contributed by atoms with Crippen molar-refractivity contribution in [3.8, 4) is 5.69 Å². The number of hydrogen-bond donors (Lipinski definition) is 2. The first-order valence-corrected chi connectivity index (χ1v) is 7.04. The Hall–Kier alpha value is -2.40. The van der Waals surface area contributed by atoms with Crippen LogP contribution in [-0.2, 0) is 13.1 Å². The van der Waals surface area contributed by atoms with Gasteiger partial charge >= 0.3 is 0 Å². The van der Waals surface area contributed by atoms with Crippen LogP contribution in [0.3, 0.4) is 0 Å². The fourth-order valence-electron chi connectivity index (χ4n) is 2.35. The smallest absolute Gasteiger partial charge is 0.0645 e. The first-order valence-electron chi connectivity index (χ1n) is 7.04. The molecule has 0 spiro atoms. The summed E-state index contributed by atoms with van der Waals surface area (Å²) in [5, 5.41) is 14.9. The molecule has 5 heteroatoms. The van der Waals surface area contributed by atoms with Crippen molar-refractivity contribution in [1.29, 1.82) is 0 Å². The maximum absolute atomic E-state index is 4.22. The Bertz CT molecular complexity index is 675. The minimum Gasteiger partial charge on any atom is -0.308 e. The standard InChI is InChI=1S/C16H19N5/c1-12-16(13(2)20-19-12)11-17-10-14-4-6-15(7-5-14)21-9-3-8-18-21/h3-9,17H,10-11H2,1-2H3,(H,19,20). The van der Waals surface area contributed by atoms with E-state index in [1.54, 1.807) is 6.20 Å². The Morgan fingerprint density at radius 3 is 2.57 bits per heavy atom. The van der Waals surface area contributed by atoms with E-state index in [1.807, 2.05) is 23.9 Å². The predicted octanol–water partition coefficient (Wildman–Crippen LogP) is 2.50. The van der Waals surface area contributed by atoms with Gasteiger partial charge in [-0.05, 0) is 37.6 Å². The molecule has 0 aliphatic rings. The summed E-state index contributed by atoms with van der Waals surface area (Å²) in [6.45, 7) is 5.74. The lowest BCUT2D eigenvalue weighted by Gasteiger charge is -2.07. The molecule has 2 aromatic heterocycles. The fourth-order valence-corrected chi connectivity index (χ4v) is 2.35. The maximum Gasteiger partial charge on any atom is 0.0645 e. The summed E-state index contributed by atoms with van der Waals surface area (Å²) in [6.07, 6.45) is 3.72. The molecular formula is C16H19N5. The molecule has 0 amide bonds. The highest BCUT2D eigenvalue weighted by molar-refractivity contribution is 5.33. The highest BCUT2D eigenvalue weighted by Gasteiger charge is 2.05. The van der Waals surface area contributed by atoms with Gasteiger partial charge in [-0.2, -0.15) is 10.2 Å². The highest BCUT2D eigenvalue weighted by Crippen LogP contribution is 2.11. The number of rotatable bonds is 5. The molecule has 0 saturated heterocycles. The average molecular weight is 281 g/mol. The second-order valence-corrected chi connectivity index (χ2v) is 5.13. The first-order chi connectivity index (χ1) is 10.2. The molecule has 0 saturated carbocycles. The van der Waals surface area contributed by atoms with Crippen LogP contribution in [0.15, 0.2) is 42.7 Å². The normalized spacial score (nSPS) is 11.0. The summed E-state index contributed by atoms with van der Waals surface area (Å²) >= 11 is 0. The van der Waals surface area contributed by atoms with Gasteiger partial charge in [0.1, 0.15) is 0 Å². The van der Waals surface area contributed by atoms with Crippen LogP contribution in [0.5, 0.6) is 0 Å². The third-order valence-electron chi connectivity index (χ3n) is 3.62. The highest BCUT2D eigenvalue weighted by atomic mass is 15.3. The summed E-state index contributed by atoms with van der Waals surface area (Å²) in [5.41, 5.74) is 5.78. The summed E-state index contributed by atoms with van der Waals surface area (Å²) in [6, 6.07) is 10.3. The number of nitrogens with zero attached hydrogens (tertiary/aromatic N) is 3. The number of nitrogens with one attached hydrogen (secondary N) is 2. The van der Waals surface area contributed by atoms with Crippen LogP contribution in [0, 0.1) is 13.8 Å². The largest absolute Gasteiger partial charge is 0.308 e. The lowest BCUT2D eigenvalue weighted by Crippen LogP contribution is -2.13. The van der Waals surface area contributed by atoms with Crippen molar-refractivity contribution in [3.63, 3.8) is 0 Å². The van der Waals surface area contributed by atoms with Gasteiger partial charge in [0.05, 0.1) is 11.4 Å². The molecule has 1 aromatic carbocycles. The van der Waals surface area contributed by atoms with Gasteiger partial charge in [-0.3, -0.25) is 5.10 Å². The van der Waals surface area contributed by atoms with Crippen molar-refractivity contribution in [2.75, 3.05) is 0 Å². The molecule has 0 atom stereocenters. The lowest BCUT2D eigenvalue weighted by molar-refractivity contribution is 0.688. The van der Waals surface area contributed by atoms with Gasteiger partial charge in [-0.25, -0.2) is 4.68 Å². The SMILES string of the molecule is Cc1n[nH]c(C)c1CNCc1ccc(-n2cccn2)cc1. The molecule has 0 aliphatic heterocycles. The van der Waals surface area contributed by atoms with E-state index in [1.165, 1.54) is 11.1 Å². The molecule has 0 unspecified atom stereocenters. The molecule has 2 N–H and O–H groups in total. The molecule has 3 rings (SSSR count). The zero-order valence-electron chi connectivity index (χ0n) is 12.3. The van der Waals surface area contributed by atoms with Gasteiger partial charge in [0.25, 0.3) is 0 Å². The van der Waals surface area contributed by atoms with Crippen molar-refractivity contribution < 1.29 is 0 Å². The number of aromatic amines is 1.